The molecular formula is C26H35FN2O3S. The number of nitrogens with zero attached hydrogens (tertiary/aromatic N) is 2. The van der Waals surface area contributed by atoms with Gasteiger partial charge in [0, 0.05) is 29.8 Å². The van der Waals surface area contributed by atoms with E-state index < -0.39 is 12.1 Å². The average Bonchev–Trinajstić information content (AvgIpc) is 3.64. The highest BCUT2D eigenvalue weighted by Gasteiger charge is 2.31. The number of likely N-dealkylation sites (tertiary alicyclic amines) is 1. The van der Waals surface area contributed by atoms with Crippen molar-refractivity contribution >= 4 is 28.6 Å². The first-order chi connectivity index (χ1) is 16.0. The highest BCUT2D eigenvalue weighted by molar-refractivity contribution is 8.00. The molecule has 4 rings (SSSR count). The van der Waals surface area contributed by atoms with Crippen molar-refractivity contribution in [3.8, 4) is 5.75 Å². The van der Waals surface area contributed by atoms with Gasteiger partial charge in [0.25, 0.3) is 0 Å². The third kappa shape index (κ3) is 6.82. The van der Waals surface area contributed by atoms with Crippen LogP contribution < -0.4 is 4.74 Å². The molecule has 180 valence electrons. The van der Waals surface area contributed by atoms with E-state index in [0.717, 1.165) is 48.6 Å². The monoisotopic (exact) mass is 474 g/mol. The number of halogens is 1. The fourth-order valence-corrected chi connectivity index (χ4v) is 6.13. The molecule has 3 atom stereocenters. The number of hydrogen-bond acceptors (Lipinski definition) is 5. The molecule has 0 bridgehead atoms. The summed E-state index contributed by atoms with van der Waals surface area (Å²) in [7, 11) is 1.60. The van der Waals surface area contributed by atoms with Crippen molar-refractivity contribution in [1.29, 1.82) is 0 Å². The van der Waals surface area contributed by atoms with Crippen LogP contribution in [0.5, 0.6) is 5.75 Å². The van der Waals surface area contributed by atoms with Crippen molar-refractivity contribution in [2.75, 3.05) is 32.5 Å². The number of thioether (sulfide) groups is 1. The zero-order valence-electron chi connectivity index (χ0n) is 19.4. The normalized spacial score (nSPS) is 22.4. The average molecular weight is 475 g/mol. The number of piperidine rings is 1. The quantitative estimate of drug-likeness (QED) is 0.396. The Balaban J connectivity index is 1.34. The minimum Gasteiger partial charge on any atom is -0.497 e. The summed E-state index contributed by atoms with van der Waals surface area (Å²) >= 11 is 2.08. The third-order valence-electron chi connectivity index (χ3n) is 7.02. The van der Waals surface area contributed by atoms with Crippen molar-refractivity contribution in [2.24, 2.45) is 11.8 Å². The summed E-state index contributed by atoms with van der Waals surface area (Å²) in [5.41, 5.74) is 1.40. The van der Waals surface area contributed by atoms with Gasteiger partial charge in [-0.2, -0.15) is 11.8 Å². The molecule has 0 unspecified atom stereocenters. The van der Waals surface area contributed by atoms with Crippen LogP contribution >= 0.6 is 11.8 Å². The molecule has 1 aromatic carbocycles. The minimum atomic E-state index is -1.11. The summed E-state index contributed by atoms with van der Waals surface area (Å²) < 4.78 is 20.7. The summed E-state index contributed by atoms with van der Waals surface area (Å²) in [6, 6.07) is 7.29. The Bertz CT molecular complexity index is 939. The van der Waals surface area contributed by atoms with E-state index in [4.69, 9.17) is 4.74 Å². The molecule has 1 saturated carbocycles. The fourth-order valence-electron chi connectivity index (χ4n) is 5.03. The molecule has 2 aromatic rings. The molecule has 2 heterocycles. The zero-order valence-corrected chi connectivity index (χ0v) is 20.2. The van der Waals surface area contributed by atoms with E-state index in [1.807, 2.05) is 18.2 Å². The summed E-state index contributed by atoms with van der Waals surface area (Å²) in [6.07, 6.45) is 6.68. The Hall–Kier alpha value is -1.86. The minimum absolute atomic E-state index is 0.0915. The highest BCUT2D eigenvalue weighted by atomic mass is 32.2. The topological polar surface area (TPSA) is 62.7 Å². The lowest BCUT2D eigenvalue weighted by Crippen LogP contribution is -2.42. The summed E-state index contributed by atoms with van der Waals surface area (Å²) in [6.45, 7) is 2.84. The lowest BCUT2D eigenvalue weighted by atomic mass is 9.79. The highest BCUT2D eigenvalue weighted by Crippen LogP contribution is 2.37. The Labute approximate surface area is 200 Å². The Kier molecular flexibility index (Phi) is 8.47. The van der Waals surface area contributed by atoms with Crippen LogP contribution in [-0.4, -0.2) is 58.7 Å². The summed E-state index contributed by atoms with van der Waals surface area (Å²) in [5.74, 6) is 1.48. The first-order valence-corrected chi connectivity index (χ1v) is 13.2. The molecule has 33 heavy (non-hydrogen) atoms. The standard InChI is InChI=1S/C26H35FN2O3S/c1-32-20-4-8-25-23(16-20)22(9-11-28-25)24(27)7-3-18-10-13-29(17-19(18)15-26(30)31)12-2-14-33-21-5-6-21/h4,8-9,11,16,18-19,21,24H,2-3,5-7,10,12-15,17H2,1H3,(H,30,31)/t18-,19+,24+/m1/s1. The molecule has 2 fully saturated rings. The lowest BCUT2D eigenvalue weighted by Gasteiger charge is -2.38. The van der Waals surface area contributed by atoms with Crippen molar-refractivity contribution in [2.45, 2.75) is 56.4 Å². The third-order valence-corrected chi connectivity index (χ3v) is 8.49. The van der Waals surface area contributed by atoms with Crippen LogP contribution in [0.25, 0.3) is 10.9 Å². The van der Waals surface area contributed by atoms with Gasteiger partial charge in [-0.15, -0.1) is 0 Å². The summed E-state index contributed by atoms with van der Waals surface area (Å²) in [4.78, 5) is 18.3. The van der Waals surface area contributed by atoms with Crippen LogP contribution in [0.3, 0.4) is 0 Å². The van der Waals surface area contributed by atoms with Crippen LogP contribution in [0.15, 0.2) is 30.5 Å². The molecule has 1 aliphatic carbocycles. The number of fused-ring (bicyclic) bond motifs is 1. The predicted octanol–water partition coefficient (Wildman–Crippen LogP) is 5.73. The van der Waals surface area contributed by atoms with Crippen LogP contribution in [-0.2, 0) is 4.79 Å². The van der Waals surface area contributed by atoms with Crippen LogP contribution in [0.2, 0.25) is 0 Å². The fraction of sp³-hybridized carbons (Fsp3) is 0.615. The van der Waals surface area contributed by atoms with Crippen molar-refractivity contribution in [3.05, 3.63) is 36.0 Å². The largest absolute Gasteiger partial charge is 0.497 e. The van der Waals surface area contributed by atoms with Gasteiger partial charge >= 0.3 is 5.97 Å². The number of aromatic nitrogens is 1. The predicted molar refractivity (Wildman–Crippen MR) is 132 cm³/mol. The van der Waals surface area contributed by atoms with E-state index in [0.29, 0.717) is 24.2 Å². The first kappa shape index (κ1) is 24.3. The van der Waals surface area contributed by atoms with E-state index in [-0.39, 0.29) is 18.3 Å². The second kappa shape index (κ2) is 11.5. The number of carboxylic acids is 1. The molecule has 2 aliphatic rings. The number of carboxylic acid groups (broad SMARTS) is 1. The van der Waals surface area contributed by atoms with Crippen molar-refractivity contribution < 1.29 is 19.0 Å². The van der Waals surface area contributed by atoms with Gasteiger partial charge in [0.05, 0.1) is 12.6 Å². The van der Waals surface area contributed by atoms with Crippen LogP contribution in [0, 0.1) is 11.8 Å². The Morgan fingerprint density at radius 2 is 2.15 bits per heavy atom. The van der Waals surface area contributed by atoms with Crippen LogP contribution in [0.4, 0.5) is 4.39 Å². The number of aliphatic carboxylic acids is 1. The Morgan fingerprint density at radius 1 is 1.30 bits per heavy atom. The number of alkyl halides is 1. The SMILES string of the molecule is COc1ccc2nccc([C@@H](F)CC[C@@H]3CCN(CCCSC4CC4)C[C@@H]3CC(=O)O)c2c1. The number of rotatable bonds is 12. The number of benzene rings is 1. The first-order valence-electron chi connectivity index (χ1n) is 12.2. The van der Waals surface area contributed by atoms with Gasteiger partial charge in [-0.1, -0.05) is 0 Å². The number of methoxy groups -OCH3 is 1. The summed E-state index contributed by atoms with van der Waals surface area (Å²) in [5, 5.41) is 11.1. The molecule has 1 N–H and O–H groups in total. The van der Waals surface area contributed by atoms with Gasteiger partial charge in [0.15, 0.2) is 0 Å². The number of hydrogen-bond donors (Lipinski definition) is 1. The van der Waals surface area contributed by atoms with E-state index in [1.165, 1.54) is 18.6 Å². The van der Waals surface area contributed by atoms with Gasteiger partial charge in [-0.25, -0.2) is 4.39 Å². The molecule has 1 saturated heterocycles. The van der Waals surface area contributed by atoms with E-state index in [1.54, 1.807) is 19.4 Å². The Morgan fingerprint density at radius 3 is 2.91 bits per heavy atom. The van der Waals surface area contributed by atoms with E-state index in [2.05, 4.69) is 21.6 Å². The molecule has 0 spiro atoms. The van der Waals surface area contributed by atoms with E-state index in [9.17, 15) is 9.90 Å². The molecule has 1 aromatic heterocycles. The molecule has 0 radical (unpaired) electrons. The van der Waals surface area contributed by atoms with Crippen molar-refractivity contribution in [3.63, 3.8) is 0 Å². The van der Waals surface area contributed by atoms with E-state index >= 15 is 4.39 Å². The van der Waals surface area contributed by atoms with Gasteiger partial charge in [0.1, 0.15) is 11.9 Å². The smallest absolute Gasteiger partial charge is 0.303 e. The lowest BCUT2D eigenvalue weighted by molar-refractivity contribution is -0.139. The molecule has 0 amide bonds. The molecule has 1 aliphatic heterocycles. The molecular weight excluding hydrogens is 439 g/mol. The van der Waals surface area contributed by atoms with Gasteiger partial charge in [-0.3, -0.25) is 9.78 Å². The second-order valence-corrected chi connectivity index (χ2v) is 10.9. The maximum absolute atomic E-state index is 15.4. The van der Waals surface area contributed by atoms with Crippen molar-refractivity contribution in [1.82, 2.24) is 9.88 Å². The maximum atomic E-state index is 15.4. The number of pyridine rings is 1. The molecule has 7 heteroatoms. The zero-order chi connectivity index (χ0) is 23.2. The van der Waals surface area contributed by atoms with Gasteiger partial charge in [0.2, 0.25) is 0 Å². The van der Waals surface area contributed by atoms with Gasteiger partial charge < -0.3 is 14.7 Å². The molecule has 5 nitrogen and oxygen atoms in total. The number of ether oxygens (including phenoxy) is 1. The maximum Gasteiger partial charge on any atom is 0.303 e. The number of carbonyl (C=O) groups is 1. The van der Waals surface area contributed by atoms with Gasteiger partial charge in [-0.05, 0) is 99.0 Å². The second-order valence-electron chi connectivity index (χ2n) is 9.46. The van der Waals surface area contributed by atoms with Crippen LogP contribution in [0.1, 0.15) is 56.7 Å².